The number of aromatic carboxylic acids is 1. The first-order valence-corrected chi connectivity index (χ1v) is 10.5. The van der Waals surface area contributed by atoms with Gasteiger partial charge in [-0.1, -0.05) is 12.1 Å². The number of H-pyrrole nitrogens is 1. The summed E-state index contributed by atoms with van der Waals surface area (Å²) in [6.45, 7) is 0.714. The molecule has 3 aromatic rings. The second-order valence-corrected chi connectivity index (χ2v) is 8.33. The summed E-state index contributed by atoms with van der Waals surface area (Å²) >= 11 is 5.52. The maximum absolute atomic E-state index is 14.0. The number of likely N-dealkylation sites (N-methyl/N-ethyl adjacent to an activating group) is 1. The van der Waals surface area contributed by atoms with Gasteiger partial charge in [-0.3, -0.25) is 0 Å². The maximum Gasteiger partial charge on any atom is 0.335 e. The Kier molecular flexibility index (Phi) is 5.91. The van der Waals surface area contributed by atoms with Crippen LogP contribution < -0.4 is 4.90 Å². The third kappa shape index (κ3) is 4.54. The van der Waals surface area contributed by atoms with Crippen molar-refractivity contribution in [1.29, 1.82) is 0 Å². The van der Waals surface area contributed by atoms with Crippen molar-refractivity contribution in [2.24, 2.45) is 0 Å². The standard InChI is InChI=1S/C23H23F2N3O2S/c1-27(9-8-14-2-4-15(5-3-14)22(29)30)21-13-28(23(31)26-21)18-6-7-19-16(11-18)10-17(24)12-20(19)25/h2-5,10,12-13,18H,6-9,11H2,1H3,(H,26,31)(H,29,30). The number of nitrogens with zero attached hydrogens (tertiary/aromatic N) is 2. The van der Waals surface area contributed by atoms with Crippen molar-refractivity contribution < 1.29 is 18.7 Å². The smallest absolute Gasteiger partial charge is 0.335 e. The third-order valence-corrected chi connectivity index (χ3v) is 6.22. The minimum Gasteiger partial charge on any atom is -0.478 e. The molecule has 0 saturated carbocycles. The van der Waals surface area contributed by atoms with Gasteiger partial charge in [0.05, 0.1) is 5.56 Å². The zero-order valence-electron chi connectivity index (χ0n) is 17.1. The first-order valence-electron chi connectivity index (χ1n) is 10.1. The van der Waals surface area contributed by atoms with E-state index in [0.717, 1.165) is 30.3 Å². The van der Waals surface area contributed by atoms with Crippen LogP contribution in [0.1, 0.15) is 39.5 Å². The van der Waals surface area contributed by atoms with E-state index in [9.17, 15) is 13.6 Å². The quantitative estimate of drug-likeness (QED) is 0.531. The highest BCUT2D eigenvalue weighted by atomic mass is 32.1. The molecule has 1 unspecified atom stereocenters. The van der Waals surface area contributed by atoms with Crippen molar-refractivity contribution >= 4 is 24.0 Å². The molecule has 2 aromatic carbocycles. The second-order valence-electron chi connectivity index (χ2n) is 7.95. The first-order chi connectivity index (χ1) is 14.8. The molecule has 162 valence electrons. The number of aromatic amines is 1. The van der Waals surface area contributed by atoms with Crippen LogP contribution in [0.25, 0.3) is 0 Å². The molecule has 31 heavy (non-hydrogen) atoms. The summed E-state index contributed by atoms with van der Waals surface area (Å²) in [5.74, 6) is -1.09. The number of halogens is 2. The molecule has 5 nitrogen and oxygen atoms in total. The Morgan fingerprint density at radius 1 is 1.29 bits per heavy atom. The van der Waals surface area contributed by atoms with Gasteiger partial charge in [-0.25, -0.2) is 13.6 Å². The van der Waals surface area contributed by atoms with Crippen LogP contribution >= 0.6 is 12.2 Å². The van der Waals surface area contributed by atoms with Gasteiger partial charge in [-0.2, -0.15) is 0 Å². The van der Waals surface area contributed by atoms with Gasteiger partial charge in [0, 0.05) is 31.9 Å². The van der Waals surface area contributed by atoms with Crippen LogP contribution in [-0.4, -0.2) is 34.2 Å². The molecular weight excluding hydrogens is 420 g/mol. The fraction of sp³-hybridized carbons (Fsp3) is 0.304. The monoisotopic (exact) mass is 443 g/mol. The molecule has 0 saturated heterocycles. The summed E-state index contributed by atoms with van der Waals surface area (Å²) < 4.78 is 30.2. The highest BCUT2D eigenvalue weighted by Crippen LogP contribution is 2.32. The number of imidazole rings is 1. The highest BCUT2D eigenvalue weighted by Gasteiger charge is 2.24. The molecule has 1 aliphatic rings. The molecule has 4 rings (SSSR count). The van der Waals surface area contributed by atoms with Gasteiger partial charge < -0.3 is 19.6 Å². The van der Waals surface area contributed by atoms with Crippen molar-refractivity contribution in [2.45, 2.75) is 31.7 Å². The van der Waals surface area contributed by atoms with E-state index in [2.05, 4.69) is 4.98 Å². The Hall–Kier alpha value is -3.00. The summed E-state index contributed by atoms with van der Waals surface area (Å²) in [7, 11) is 1.96. The number of fused-ring (bicyclic) bond motifs is 1. The van der Waals surface area contributed by atoms with Crippen molar-refractivity contribution in [2.75, 3.05) is 18.5 Å². The Balaban J connectivity index is 1.44. The van der Waals surface area contributed by atoms with Crippen LogP contribution in [0.2, 0.25) is 0 Å². The number of carbonyl (C=O) groups is 1. The Morgan fingerprint density at radius 2 is 2.03 bits per heavy atom. The van der Waals surface area contributed by atoms with Crippen molar-refractivity contribution in [3.8, 4) is 0 Å². The molecule has 0 spiro atoms. The molecule has 1 aliphatic carbocycles. The predicted molar refractivity (Wildman–Crippen MR) is 117 cm³/mol. The number of hydrogen-bond donors (Lipinski definition) is 2. The lowest BCUT2D eigenvalue weighted by atomic mass is 9.87. The van der Waals surface area contributed by atoms with Gasteiger partial charge in [-0.15, -0.1) is 0 Å². The molecule has 1 aromatic heterocycles. The lowest BCUT2D eigenvalue weighted by Gasteiger charge is -2.26. The van der Waals surface area contributed by atoms with E-state index in [0.29, 0.717) is 35.3 Å². The van der Waals surface area contributed by atoms with Gasteiger partial charge in [0.25, 0.3) is 0 Å². The zero-order valence-corrected chi connectivity index (χ0v) is 17.9. The average molecular weight is 444 g/mol. The molecular formula is C23H23F2N3O2S. The highest BCUT2D eigenvalue weighted by molar-refractivity contribution is 7.71. The van der Waals surface area contributed by atoms with Crippen LogP contribution in [0, 0.1) is 16.4 Å². The molecule has 0 radical (unpaired) electrons. The summed E-state index contributed by atoms with van der Waals surface area (Å²) in [5.41, 5.74) is 2.62. The van der Waals surface area contributed by atoms with E-state index in [4.69, 9.17) is 17.3 Å². The molecule has 0 fully saturated rings. The minimum absolute atomic E-state index is 0.0446. The Morgan fingerprint density at radius 3 is 2.74 bits per heavy atom. The fourth-order valence-corrected chi connectivity index (χ4v) is 4.42. The third-order valence-electron chi connectivity index (χ3n) is 5.91. The van der Waals surface area contributed by atoms with Gasteiger partial charge in [0.2, 0.25) is 0 Å². The SMILES string of the molecule is CN(CCc1ccc(C(=O)O)cc1)c1cn(C2CCc3c(F)cc(F)cc3C2)c(=S)[nH]1. The van der Waals surface area contributed by atoms with Crippen LogP contribution in [0.5, 0.6) is 0 Å². The van der Waals surface area contributed by atoms with Crippen LogP contribution in [0.15, 0.2) is 42.6 Å². The number of carboxylic acid groups (broad SMARTS) is 1. The largest absolute Gasteiger partial charge is 0.478 e. The number of hydrogen-bond acceptors (Lipinski definition) is 3. The topological polar surface area (TPSA) is 61.3 Å². The molecule has 1 heterocycles. The molecule has 0 aliphatic heterocycles. The lowest BCUT2D eigenvalue weighted by molar-refractivity contribution is 0.0697. The van der Waals surface area contributed by atoms with Gasteiger partial charge in [0.15, 0.2) is 4.77 Å². The number of carboxylic acids is 1. The van der Waals surface area contributed by atoms with E-state index in [1.807, 2.05) is 34.8 Å². The zero-order chi connectivity index (χ0) is 22.1. The minimum atomic E-state index is -0.937. The lowest BCUT2D eigenvalue weighted by Crippen LogP contribution is -2.21. The molecule has 8 heteroatoms. The Bertz CT molecular complexity index is 1170. The van der Waals surface area contributed by atoms with Crippen LogP contribution in [-0.2, 0) is 19.3 Å². The normalized spacial score (nSPS) is 15.5. The van der Waals surface area contributed by atoms with E-state index in [-0.39, 0.29) is 11.6 Å². The molecule has 0 amide bonds. The average Bonchev–Trinajstić information content (AvgIpc) is 3.13. The first kappa shape index (κ1) is 21.2. The number of rotatable bonds is 6. The maximum atomic E-state index is 14.0. The van der Waals surface area contributed by atoms with Crippen molar-refractivity contribution in [3.05, 3.63) is 81.3 Å². The predicted octanol–water partition coefficient (Wildman–Crippen LogP) is 4.93. The number of anilines is 1. The van der Waals surface area contributed by atoms with E-state index >= 15 is 0 Å². The molecule has 1 atom stereocenters. The molecule has 0 bridgehead atoms. The second kappa shape index (κ2) is 8.63. The van der Waals surface area contributed by atoms with E-state index in [1.54, 1.807) is 12.1 Å². The number of aromatic nitrogens is 2. The van der Waals surface area contributed by atoms with E-state index < -0.39 is 17.6 Å². The summed E-state index contributed by atoms with van der Waals surface area (Å²) in [6, 6.07) is 9.27. The summed E-state index contributed by atoms with van der Waals surface area (Å²) in [6.07, 6.45) is 4.53. The van der Waals surface area contributed by atoms with E-state index in [1.165, 1.54) is 6.07 Å². The number of nitrogens with one attached hydrogen (secondary N) is 1. The van der Waals surface area contributed by atoms with Gasteiger partial charge >= 0.3 is 5.97 Å². The number of benzene rings is 2. The van der Waals surface area contributed by atoms with Gasteiger partial charge in [0.1, 0.15) is 17.5 Å². The fourth-order valence-electron chi connectivity index (χ4n) is 4.12. The van der Waals surface area contributed by atoms with Gasteiger partial charge in [-0.05, 0) is 72.8 Å². The van der Waals surface area contributed by atoms with Crippen molar-refractivity contribution in [1.82, 2.24) is 9.55 Å². The van der Waals surface area contributed by atoms with Crippen molar-refractivity contribution in [3.63, 3.8) is 0 Å². The molecule has 2 N–H and O–H groups in total. The van der Waals surface area contributed by atoms with Crippen LogP contribution in [0.4, 0.5) is 14.6 Å². The van der Waals surface area contributed by atoms with Crippen LogP contribution in [0.3, 0.4) is 0 Å². The summed E-state index contributed by atoms with van der Waals surface area (Å²) in [4.78, 5) is 16.2. The Labute approximate surface area is 184 Å². The summed E-state index contributed by atoms with van der Waals surface area (Å²) in [5, 5.41) is 9.00.